The van der Waals surface area contributed by atoms with Crippen LogP contribution in [0.25, 0.3) is 0 Å². The molecule has 102 valence electrons. The molecule has 0 aliphatic carbocycles. The van der Waals surface area contributed by atoms with Crippen molar-refractivity contribution in [2.75, 3.05) is 13.1 Å². The molecule has 1 aliphatic heterocycles. The highest BCUT2D eigenvalue weighted by Crippen LogP contribution is 2.23. The van der Waals surface area contributed by atoms with Gasteiger partial charge in [0.05, 0.1) is 5.92 Å². The van der Waals surface area contributed by atoms with Crippen molar-refractivity contribution in [3.05, 3.63) is 30.1 Å². The van der Waals surface area contributed by atoms with Crippen molar-refractivity contribution in [3.8, 4) is 0 Å². The zero-order valence-corrected chi connectivity index (χ0v) is 11.0. The maximum absolute atomic E-state index is 12.0. The van der Waals surface area contributed by atoms with Crippen molar-refractivity contribution in [3.63, 3.8) is 0 Å². The molecule has 0 spiro atoms. The zero-order chi connectivity index (χ0) is 13.8. The Bertz CT molecular complexity index is 461. The van der Waals surface area contributed by atoms with E-state index in [1.165, 1.54) is 0 Å². The second-order valence-electron chi connectivity index (χ2n) is 5.04. The lowest BCUT2D eigenvalue weighted by Gasteiger charge is -2.15. The third-order valence-electron chi connectivity index (χ3n) is 3.60. The van der Waals surface area contributed by atoms with Crippen LogP contribution < -0.4 is 0 Å². The molecule has 0 saturated carbocycles. The summed E-state index contributed by atoms with van der Waals surface area (Å²) in [7, 11) is 0. The van der Waals surface area contributed by atoms with E-state index >= 15 is 0 Å². The summed E-state index contributed by atoms with van der Waals surface area (Å²) in [5, 5.41) is 9.04. The van der Waals surface area contributed by atoms with Gasteiger partial charge in [-0.15, -0.1) is 0 Å². The first-order valence-electron chi connectivity index (χ1n) is 6.48. The molecule has 2 heterocycles. The van der Waals surface area contributed by atoms with Crippen molar-refractivity contribution < 1.29 is 14.7 Å². The molecule has 1 aromatic rings. The minimum absolute atomic E-state index is 0.0150. The number of carboxylic acid groups (broad SMARTS) is 1. The number of aromatic nitrogens is 1. The maximum atomic E-state index is 12.0. The summed E-state index contributed by atoms with van der Waals surface area (Å²) in [5.41, 5.74) is 0.887. The molecule has 1 aromatic heterocycles. The minimum atomic E-state index is -0.812. The molecule has 2 rings (SSSR count). The number of hydrogen-bond acceptors (Lipinski definition) is 3. The quantitative estimate of drug-likeness (QED) is 0.885. The predicted octanol–water partition coefficient (Wildman–Crippen LogP) is 1.19. The van der Waals surface area contributed by atoms with Gasteiger partial charge >= 0.3 is 5.97 Å². The largest absolute Gasteiger partial charge is 0.481 e. The Hall–Kier alpha value is -1.91. The molecule has 1 N–H and O–H groups in total. The monoisotopic (exact) mass is 262 g/mol. The Morgan fingerprint density at radius 1 is 1.42 bits per heavy atom. The Morgan fingerprint density at radius 3 is 2.79 bits per heavy atom. The van der Waals surface area contributed by atoms with Gasteiger partial charge in [0, 0.05) is 31.4 Å². The van der Waals surface area contributed by atoms with Crippen molar-refractivity contribution in [1.29, 1.82) is 0 Å². The second-order valence-corrected chi connectivity index (χ2v) is 5.04. The summed E-state index contributed by atoms with van der Waals surface area (Å²) in [5.74, 6) is -1.20. The number of carbonyl (C=O) groups excluding carboxylic acids is 1. The molecule has 0 bridgehead atoms. The highest BCUT2D eigenvalue weighted by molar-refractivity contribution is 5.79. The summed E-state index contributed by atoms with van der Waals surface area (Å²) >= 11 is 0. The highest BCUT2D eigenvalue weighted by atomic mass is 16.4. The van der Waals surface area contributed by atoms with E-state index in [2.05, 4.69) is 4.98 Å². The van der Waals surface area contributed by atoms with E-state index in [9.17, 15) is 9.59 Å². The number of aryl methyl sites for hydroxylation is 1. The molecule has 1 saturated heterocycles. The van der Waals surface area contributed by atoms with Crippen LogP contribution in [0.1, 0.15) is 19.0 Å². The first-order chi connectivity index (χ1) is 9.08. The first kappa shape index (κ1) is 13.5. The van der Waals surface area contributed by atoms with Crippen molar-refractivity contribution in [2.45, 2.75) is 19.8 Å². The van der Waals surface area contributed by atoms with Gasteiger partial charge in [0.2, 0.25) is 5.91 Å². The van der Waals surface area contributed by atoms with Crippen LogP contribution in [-0.2, 0) is 16.0 Å². The molecule has 19 heavy (non-hydrogen) atoms. The lowest BCUT2D eigenvalue weighted by molar-refractivity contribution is -0.142. The van der Waals surface area contributed by atoms with Gasteiger partial charge < -0.3 is 10.0 Å². The summed E-state index contributed by atoms with van der Waals surface area (Å²) in [6.45, 7) is 2.75. The molecule has 0 radical (unpaired) electrons. The molecular weight excluding hydrogens is 244 g/mol. The van der Waals surface area contributed by atoms with E-state index in [4.69, 9.17) is 5.11 Å². The lowest BCUT2D eigenvalue weighted by atomic mass is 9.99. The average Bonchev–Trinajstić information content (AvgIpc) is 2.79. The predicted molar refractivity (Wildman–Crippen MR) is 69.4 cm³/mol. The Kier molecular flexibility index (Phi) is 4.14. The van der Waals surface area contributed by atoms with Crippen LogP contribution in [0.5, 0.6) is 0 Å². The SMILES string of the molecule is CC1CN(C(=O)CCc2ccccn2)CC1C(=O)O. The smallest absolute Gasteiger partial charge is 0.308 e. The average molecular weight is 262 g/mol. The van der Waals surface area contributed by atoms with Crippen LogP contribution in [0.4, 0.5) is 0 Å². The molecule has 1 fully saturated rings. The minimum Gasteiger partial charge on any atom is -0.481 e. The highest BCUT2D eigenvalue weighted by Gasteiger charge is 2.36. The van der Waals surface area contributed by atoms with Gasteiger partial charge in [-0.2, -0.15) is 0 Å². The summed E-state index contributed by atoms with van der Waals surface area (Å²) in [6, 6.07) is 5.62. The van der Waals surface area contributed by atoms with Crippen LogP contribution in [0, 0.1) is 11.8 Å². The van der Waals surface area contributed by atoms with Gasteiger partial charge in [-0.3, -0.25) is 14.6 Å². The molecule has 2 atom stereocenters. The number of likely N-dealkylation sites (tertiary alicyclic amines) is 1. The third kappa shape index (κ3) is 3.30. The third-order valence-corrected chi connectivity index (χ3v) is 3.60. The van der Waals surface area contributed by atoms with Crippen LogP contribution in [0.15, 0.2) is 24.4 Å². The van der Waals surface area contributed by atoms with E-state index in [1.54, 1.807) is 11.1 Å². The van der Waals surface area contributed by atoms with Crippen molar-refractivity contribution in [1.82, 2.24) is 9.88 Å². The van der Waals surface area contributed by atoms with Gasteiger partial charge in [0.1, 0.15) is 0 Å². The van der Waals surface area contributed by atoms with E-state index in [1.807, 2.05) is 25.1 Å². The van der Waals surface area contributed by atoms with Gasteiger partial charge in [-0.1, -0.05) is 13.0 Å². The number of pyridine rings is 1. The number of amides is 1. The Morgan fingerprint density at radius 2 is 2.21 bits per heavy atom. The molecule has 1 aliphatic rings. The zero-order valence-electron chi connectivity index (χ0n) is 11.0. The van der Waals surface area contributed by atoms with E-state index in [-0.39, 0.29) is 11.8 Å². The molecule has 0 aromatic carbocycles. The fourth-order valence-corrected chi connectivity index (χ4v) is 2.43. The standard InChI is InChI=1S/C14H18N2O3/c1-10-8-16(9-12(10)14(18)19)13(17)6-5-11-4-2-3-7-15-11/h2-4,7,10,12H,5-6,8-9H2,1H3,(H,18,19). The van der Waals surface area contributed by atoms with Gasteiger partial charge in [0.15, 0.2) is 0 Å². The summed E-state index contributed by atoms with van der Waals surface area (Å²) < 4.78 is 0. The van der Waals surface area contributed by atoms with Crippen molar-refractivity contribution in [2.24, 2.45) is 11.8 Å². The van der Waals surface area contributed by atoms with Gasteiger partial charge in [-0.25, -0.2) is 0 Å². The summed E-state index contributed by atoms with van der Waals surface area (Å²) in [6.07, 6.45) is 2.69. The number of aliphatic carboxylic acids is 1. The number of hydrogen-bond donors (Lipinski definition) is 1. The topological polar surface area (TPSA) is 70.5 Å². The van der Waals surface area contributed by atoms with E-state index in [0.717, 1.165) is 5.69 Å². The molecule has 5 nitrogen and oxygen atoms in total. The molecule has 2 unspecified atom stereocenters. The normalized spacial score (nSPS) is 22.5. The number of carbonyl (C=O) groups is 2. The number of rotatable bonds is 4. The summed E-state index contributed by atoms with van der Waals surface area (Å²) in [4.78, 5) is 28.9. The van der Waals surface area contributed by atoms with E-state index in [0.29, 0.717) is 25.9 Å². The van der Waals surface area contributed by atoms with Crippen LogP contribution in [0.3, 0.4) is 0 Å². The number of carboxylic acids is 1. The van der Waals surface area contributed by atoms with Crippen molar-refractivity contribution >= 4 is 11.9 Å². The van der Waals surface area contributed by atoms with Crippen LogP contribution >= 0.6 is 0 Å². The Labute approximate surface area is 112 Å². The van der Waals surface area contributed by atoms with Gasteiger partial charge in [0.25, 0.3) is 0 Å². The van der Waals surface area contributed by atoms with Crippen LogP contribution in [-0.4, -0.2) is 40.0 Å². The van der Waals surface area contributed by atoms with Gasteiger partial charge in [-0.05, 0) is 24.5 Å². The van der Waals surface area contributed by atoms with E-state index < -0.39 is 11.9 Å². The molecule has 5 heteroatoms. The number of nitrogens with zero attached hydrogens (tertiary/aromatic N) is 2. The second kappa shape index (κ2) is 5.82. The Balaban J connectivity index is 1.86. The first-order valence-corrected chi connectivity index (χ1v) is 6.48. The molecule has 1 amide bonds. The van der Waals surface area contributed by atoms with Crippen LogP contribution in [0.2, 0.25) is 0 Å². The fraction of sp³-hybridized carbons (Fsp3) is 0.500. The molecular formula is C14H18N2O3. The maximum Gasteiger partial charge on any atom is 0.308 e. The lowest BCUT2D eigenvalue weighted by Crippen LogP contribution is -2.30. The fourth-order valence-electron chi connectivity index (χ4n) is 2.43.